The predicted octanol–water partition coefficient (Wildman–Crippen LogP) is 4.68. The van der Waals surface area contributed by atoms with E-state index in [2.05, 4.69) is 19.8 Å². The third-order valence-corrected chi connectivity index (χ3v) is 5.83. The van der Waals surface area contributed by atoms with E-state index in [-0.39, 0.29) is 5.82 Å². The van der Waals surface area contributed by atoms with Gasteiger partial charge in [0.25, 0.3) is 0 Å². The lowest BCUT2D eigenvalue weighted by molar-refractivity contribution is 0.0551. The molecule has 10 heteroatoms. The maximum atomic E-state index is 13.0. The average molecular weight is 414 g/mol. The van der Waals surface area contributed by atoms with Crippen molar-refractivity contribution in [3.8, 4) is 17.1 Å². The highest BCUT2D eigenvalue weighted by molar-refractivity contribution is 7.72. The fourth-order valence-corrected chi connectivity index (χ4v) is 3.91. The van der Waals surface area contributed by atoms with Gasteiger partial charge in [-0.2, -0.15) is 13.8 Å². The molecule has 0 aliphatic carbocycles. The molecule has 3 rings (SSSR count). The van der Waals surface area contributed by atoms with Crippen molar-refractivity contribution in [1.29, 1.82) is 0 Å². The van der Waals surface area contributed by atoms with Crippen LogP contribution in [0.15, 0.2) is 53.1 Å². The maximum Gasteiger partial charge on any atom is 0.400 e. The summed E-state index contributed by atoms with van der Waals surface area (Å²) in [6.07, 6.45) is 0. The molecular weight excluding hydrogens is 399 g/mol. The van der Waals surface area contributed by atoms with Gasteiger partial charge in [-0.25, -0.2) is 0 Å². The summed E-state index contributed by atoms with van der Waals surface area (Å²) in [6.45, 7) is 1.59. The zero-order valence-corrected chi connectivity index (χ0v) is 16.0. The maximum absolute atomic E-state index is 13.0. The van der Waals surface area contributed by atoms with Gasteiger partial charge in [0.15, 0.2) is 7.29 Å². The van der Waals surface area contributed by atoms with Gasteiger partial charge in [0, 0.05) is 29.3 Å². The van der Waals surface area contributed by atoms with E-state index in [0.717, 1.165) is 0 Å². The van der Waals surface area contributed by atoms with E-state index in [0.29, 0.717) is 22.3 Å². The Labute approximate surface area is 158 Å². The Morgan fingerprint density at radius 1 is 1.22 bits per heavy atom. The van der Waals surface area contributed by atoms with Gasteiger partial charge in [0.1, 0.15) is 5.75 Å². The molecule has 0 aliphatic heterocycles. The number of aromatic nitrogens is 2. The first-order valence-corrected chi connectivity index (χ1v) is 10.2. The van der Waals surface area contributed by atoms with Gasteiger partial charge < -0.3 is 14.3 Å². The van der Waals surface area contributed by atoms with Gasteiger partial charge in [-0.1, -0.05) is 23.4 Å². The fraction of sp³-hybridized carbons (Fsp3) is 0.176. The zero-order valence-electron chi connectivity index (χ0n) is 14.3. The molecule has 1 aromatic heterocycles. The van der Waals surface area contributed by atoms with Gasteiger partial charge in [-0.15, -0.1) is 0 Å². The Morgan fingerprint density at radius 2 is 1.93 bits per heavy atom. The summed E-state index contributed by atoms with van der Waals surface area (Å²) in [5.74, 6) is -0.382. The third kappa shape index (κ3) is 4.46. The van der Waals surface area contributed by atoms with Crippen LogP contribution in [0, 0.1) is 0 Å². The first-order chi connectivity index (χ1) is 12.7. The van der Waals surface area contributed by atoms with Gasteiger partial charge in [-0.05, 0) is 35.9 Å². The highest BCUT2D eigenvalue weighted by Gasteiger charge is 2.35. The number of rotatable bonds is 6. The minimum atomic E-state index is -3.73. The average Bonchev–Trinajstić information content (AvgIpc) is 3.12. The van der Waals surface area contributed by atoms with Crippen LogP contribution in [0.25, 0.3) is 11.4 Å². The van der Waals surface area contributed by atoms with E-state index >= 15 is 0 Å². The van der Waals surface area contributed by atoms with Crippen LogP contribution in [-0.2, 0) is 9.95 Å². The van der Waals surface area contributed by atoms with E-state index < -0.39 is 18.6 Å². The molecular formula is C17H15ClF2N3O3P. The molecule has 0 fully saturated rings. The number of halogens is 3. The number of hydrogen-bond acceptors (Lipinski definition) is 5. The molecule has 1 atom stereocenters. The Hall–Kier alpha value is -2.44. The third-order valence-electron chi connectivity index (χ3n) is 3.70. The second-order valence-corrected chi connectivity index (χ2v) is 8.80. The second-order valence-electron chi connectivity index (χ2n) is 5.74. The molecule has 0 saturated heterocycles. The van der Waals surface area contributed by atoms with Crippen molar-refractivity contribution in [2.45, 2.75) is 5.38 Å². The number of hydrogen-bond donors (Lipinski definition) is 1. The normalized spacial score (nSPS) is 13.8. The smallest absolute Gasteiger partial charge is 0.400 e. The zero-order chi connectivity index (χ0) is 19.7. The first-order valence-electron chi connectivity index (χ1n) is 7.71. The highest BCUT2D eigenvalue weighted by atomic mass is 35.5. The van der Waals surface area contributed by atoms with Crippen molar-refractivity contribution < 1.29 is 22.6 Å². The molecule has 2 aromatic carbocycles. The van der Waals surface area contributed by atoms with Crippen LogP contribution in [-0.4, -0.2) is 23.9 Å². The van der Waals surface area contributed by atoms with Crippen LogP contribution in [0.5, 0.6) is 5.75 Å². The number of methoxy groups -OCH3 is 1. The molecule has 1 heterocycles. The summed E-state index contributed by atoms with van der Waals surface area (Å²) >= 11 is 4.86. The van der Waals surface area contributed by atoms with Crippen molar-refractivity contribution in [3.05, 3.63) is 54.4 Å². The molecule has 0 bridgehead atoms. The minimum absolute atomic E-state index is 0.0384. The van der Waals surface area contributed by atoms with E-state index in [9.17, 15) is 13.3 Å². The second kappa shape index (κ2) is 7.29. The monoisotopic (exact) mass is 413 g/mol. The van der Waals surface area contributed by atoms with Gasteiger partial charge >= 0.3 is 11.3 Å². The van der Waals surface area contributed by atoms with E-state index in [1.54, 1.807) is 62.3 Å². The molecule has 27 heavy (non-hydrogen) atoms. The Bertz CT molecular complexity index is 990. The number of benzene rings is 2. The van der Waals surface area contributed by atoms with Crippen molar-refractivity contribution in [2.75, 3.05) is 18.9 Å². The summed E-state index contributed by atoms with van der Waals surface area (Å²) in [6, 6.07) is 13.4. The SMILES string of the molecule is COc1cccc(NP(C)(=O)c2ccc(-c3noc(C(F)(F)Cl)n3)cc2)c1. The van der Waals surface area contributed by atoms with Crippen LogP contribution >= 0.6 is 18.9 Å². The van der Waals surface area contributed by atoms with Gasteiger partial charge in [0.05, 0.1) is 7.11 Å². The lowest BCUT2D eigenvalue weighted by Gasteiger charge is -2.17. The molecule has 3 aromatic rings. The molecule has 0 aliphatic rings. The van der Waals surface area contributed by atoms with Crippen LogP contribution in [0.3, 0.4) is 0 Å². The molecule has 1 unspecified atom stereocenters. The topological polar surface area (TPSA) is 77.2 Å². The molecule has 6 nitrogen and oxygen atoms in total. The van der Waals surface area contributed by atoms with Crippen LogP contribution in [0.2, 0.25) is 0 Å². The minimum Gasteiger partial charge on any atom is -0.497 e. The largest absolute Gasteiger partial charge is 0.497 e. The Kier molecular flexibility index (Phi) is 5.22. The number of nitrogens with one attached hydrogen (secondary N) is 1. The number of nitrogens with zero attached hydrogens (tertiary/aromatic N) is 2. The first kappa shape index (κ1) is 19.3. The lowest BCUT2D eigenvalue weighted by atomic mass is 10.2. The van der Waals surface area contributed by atoms with Crippen LogP contribution in [0.1, 0.15) is 5.89 Å². The lowest BCUT2D eigenvalue weighted by Crippen LogP contribution is -2.10. The van der Waals surface area contributed by atoms with Crippen molar-refractivity contribution in [2.24, 2.45) is 0 Å². The molecule has 0 amide bonds. The molecule has 142 valence electrons. The standard InChI is InChI=1S/C17H15ClF2N3O3P/c1-25-13-5-3-4-12(10-13)23-27(2,24)14-8-6-11(7-9-14)15-21-16(26-22-15)17(18,19)20/h3-10H,1-2H3,(H,23,24). The summed E-state index contributed by atoms with van der Waals surface area (Å²) in [5, 5.41) is 3.30. The quantitative estimate of drug-likeness (QED) is 0.467. The summed E-state index contributed by atoms with van der Waals surface area (Å²) in [5.41, 5.74) is 1.08. The van der Waals surface area contributed by atoms with E-state index in [1.165, 1.54) is 0 Å². The summed E-state index contributed by atoms with van der Waals surface area (Å²) in [4.78, 5) is 3.57. The molecule has 1 N–H and O–H groups in total. The highest BCUT2D eigenvalue weighted by Crippen LogP contribution is 2.41. The predicted molar refractivity (Wildman–Crippen MR) is 99.3 cm³/mol. The van der Waals surface area contributed by atoms with Crippen LogP contribution in [0.4, 0.5) is 14.5 Å². The number of alkyl halides is 3. The van der Waals surface area contributed by atoms with Crippen molar-refractivity contribution >= 4 is 29.9 Å². The Morgan fingerprint density at radius 3 is 2.52 bits per heavy atom. The number of ether oxygens (including phenoxy) is 1. The van der Waals surface area contributed by atoms with Crippen molar-refractivity contribution in [1.82, 2.24) is 10.1 Å². The van der Waals surface area contributed by atoms with Gasteiger partial charge in [0.2, 0.25) is 5.82 Å². The molecule has 0 radical (unpaired) electrons. The molecule has 0 spiro atoms. The number of anilines is 1. The summed E-state index contributed by atoms with van der Waals surface area (Å²) in [7, 11) is -1.39. The molecule has 0 saturated carbocycles. The summed E-state index contributed by atoms with van der Waals surface area (Å²) < 4.78 is 48.6. The van der Waals surface area contributed by atoms with E-state index in [4.69, 9.17) is 16.3 Å². The Balaban J connectivity index is 1.81. The van der Waals surface area contributed by atoms with Crippen LogP contribution < -0.4 is 15.1 Å². The van der Waals surface area contributed by atoms with Crippen molar-refractivity contribution in [3.63, 3.8) is 0 Å². The van der Waals surface area contributed by atoms with E-state index in [1.807, 2.05) is 0 Å². The van der Waals surface area contributed by atoms with Gasteiger partial charge in [-0.3, -0.25) is 4.57 Å². The fourth-order valence-electron chi connectivity index (χ4n) is 2.35.